The van der Waals surface area contributed by atoms with E-state index in [9.17, 15) is 4.79 Å². The van der Waals surface area contributed by atoms with Crippen molar-refractivity contribution in [2.45, 2.75) is 65.8 Å². The number of urea groups is 1. The van der Waals surface area contributed by atoms with Crippen LogP contribution in [0.15, 0.2) is 0 Å². The second kappa shape index (κ2) is 9.49. The van der Waals surface area contributed by atoms with E-state index in [-0.39, 0.29) is 6.03 Å². The summed E-state index contributed by atoms with van der Waals surface area (Å²) in [5.41, 5.74) is 0. The minimum Gasteiger partial charge on any atom is -0.338 e. The quantitative estimate of drug-likeness (QED) is 0.634. The molecule has 1 unspecified atom stereocenters. The molecule has 0 aliphatic carbocycles. The monoisotopic (exact) mass is 228 g/mol. The number of nitrogens with zero attached hydrogens (tertiary/aromatic N) is 1. The number of hydrogen-bond acceptors (Lipinski definition) is 1. The fourth-order valence-electron chi connectivity index (χ4n) is 1.54. The summed E-state index contributed by atoms with van der Waals surface area (Å²) >= 11 is 0. The van der Waals surface area contributed by atoms with Gasteiger partial charge in [0.15, 0.2) is 0 Å². The summed E-state index contributed by atoms with van der Waals surface area (Å²) in [5.74, 6) is 0. The van der Waals surface area contributed by atoms with Gasteiger partial charge >= 0.3 is 6.03 Å². The minimum absolute atomic E-state index is 0.108. The van der Waals surface area contributed by atoms with Gasteiger partial charge < -0.3 is 10.2 Å². The zero-order chi connectivity index (χ0) is 12.4. The van der Waals surface area contributed by atoms with Crippen LogP contribution >= 0.6 is 0 Å². The molecule has 0 aliphatic heterocycles. The molecule has 0 saturated carbocycles. The van der Waals surface area contributed by atoms with Gasteiger partial charge in [-0.3, -0.25) is 0 Å². The fourth-order valence-corrected chi connectivity index (χ4v) is 1.54. The Kier molecular flexibility index (Phi) is 9.06. The SMILES string of the molecule is CCCCNC(=O)N(CCCC)C(C)CC. The second-order valence-corrected chi connectivity index (χ2v) is 4.39. The Morgan fingerprint density at radius 1 is 1.19 bits per heavy atom. The molecule has 0 aliphatic rings. The zero-order valence-corrected chi connectivity index (χ0v) is 11.4. The lowest BCUT2D eigenvalue weighted by atomic mass is 10.2. The molecule has 3 nitrogen and oxygen atoms in total. The lowest BCUT2D eigenvalue weighted by molar-refractivity contribution is 0.176. The topological polar surface area (TPSA) is 32.3 Å². The third kappa shape index (κ3) is 5.99. The standard InChI is InChI=1S/C13H28N2O/c1-5-8-10-14-13(16)15(11-9-6-2)12(4)7-3/h12H,5-11H2,1-4H3,(H,14,16). The number of carbonyl (C=O) groups is 1. The normalized spacial score (nSPS) is 12.2. The molecule has 3 heteroatoms. The lowest BCUT2D eigenvalue weighted by Gasteiger charge is -2.28. The number of nitrogens with one attached hydrogen (secondary N) is 1. The third-order valence-electron chi connectivity index (χ3n) is 2.94. The first-order chi connectivity index (χ1) is 7.67. The van der Waals surface area contributed by atoms with Crippen molar-refractivity contribution in [3.05, 3.63) is 0 Å². The summed E-state index contributed by atoms with van der Waals surface area (Å²) in [6.07, 6.45) is 5.43. The van der Waals surface area contributed by atoms with Crippen molar-refractivity contribution in [1.82, 2.24) is 10.2 Å². The first-order valence-corrected chi connectivity index (χ1v) is 6.71. The molecule has 1 atom stereocenters. The number of rotatable bonds is 8. The second-order valence-electron chi connectivity index (χ2n) is 4.39. The highest BCUT2D eigenvalue weighted by atomic mass is 16.2. The van der Waals surface area contributed by atoms with E-state index in [0.717, 1.165) is 45.2 Å². The van der Waals surface area contributed by atoms with Crippen LogP contribution < -0.4 is 5.32 Å². The highest BCUT2D eigenvalue weighted by molar-refractivity contribution is 5.74. The van der Waals surface area contributed by atoms with Gasteiger partial charge in [0.05, 0.1) is 0 Å². The number of hydrogen-bond donors (Lipinski definition) is 1. The molecular weight excluding hydrogens is 200 g/mol. The molecule has 0 bridgehead atoms. The van der Waals surface area contributed by atoms with Crippen molar-refractivity contribution < 1.29 is 4.79 Å². The average molecular weight is 228 g/mol. The maximum Gasteiger partial charge on any atom is 0.317 e. The van der Waals surface area contributed by atoms with Crippen LogP contribution in [0.1, 0.15) is 59.8 Å². The van der Waals surface area contributed by atoms with Gasteiger partial charge in [-0.05, 0) is 26.2 Å². The minimum atomic E-state index is 0.108. The molecule has 96 valence electrons. The van der Waals surface area contributed by atoms with Crippen molar-refractivity contribution in [3.63, 3.8) is 0 Å². The maximum absolute atomic E-state index is 11.9. The molecule has 2 amide bonds. The molecule has 0 aromatic heterocycles. The van der Waals surface area contributed by atoms with Crippen LogP contribution in [-0.4, -0.2) is 30.1 Å². The van der Waals surface area contributed by atoms with E-state index >= 15 is 0 Å². The molecule has 16 heavy (non-hydrogen) atoms. The molecule has 0 aromatic carbocycles. The molecule has 0 spiro atoms. The van der Waals surface area contributed by atoms with Crippen molar-refractivity contribution in [2.75, 3.05) is 13.1 Å². The highest BCUT2D eigenvalue weighted by Crippen LogP contribution is 2.06. The van der Waals surface area contributed by atoms with Crippen LogP contribution in [-0.2, 0) is 0 Å². The van der Waals surface area contributed by atoms with Crippen LogP contribution in [0.3, 0.4) is 0 Å². The van der Waals surface area contributed by atoms with Gasteiger partial charge in [-0.1, -0.05) is 33.6 Å². The molecule has 1 N–H and O–H groups in total. The van der Waals surface area contributed by atoms with Gasteiger partial charge in [-0.15, -0.1) is 0 Å². The lowest BCUT2D eigenvalue weighted by Crippen LogP contribution is -2.45. The Bertz CT molecular complexity index is 183. The van der Waals surface area contributed by atoms with E-state index < -0.39 is 0 Å². The van der Waals surface area contributed by atoms with Gasteiger partial charge in [0.1, 0.15) is 0 Å². The van der Waals surface area contributed by atoms with E-state index in [1.165, 1.54) is 0 Å². The Hall–Kier alpha value is -0.730. The number of carbonyl (C=O) groups excluding carboxylic acids is 1. The molecule has 0 rings (SSSR count). The highest BCUT2D eigenvalue weighted by Gasteiger charge is 2.17. The molecule has 0 heterocycles. The fraction of sp³-hybridized carbons (Fsp3) is 0.923. The van der Waals surface area contributed by atoms with E-state index in [2.05, 4.69) is 33.0 Å². The van der Waals surface area contributed by atoms with Gasteiger partial charge in [0.2, 0.25) is 0 Å². The Labute approximate surface area is 101 Å². The summed E-state index contributed by atoms with van der Waals surface area (Å²) in [5, 5.41) is 2.99. The summed E-state index contributed by atoms with van der Waals surface area (Å²) in [6.45, 7) is 10.2. The Morgan fingerprint density at radius 2 is 1.81 bits per heavy atom. The Morgan fingerprint density at radius 3 is 2.31 bits per heavy atom. The van der Waals surface area contributed by atoms with Crippen LogP contribution in [0.2, 0.25) is 0 Å². The number of unbranched alkanes of at least 4 members (excludes halogenated alkanes) is 2. The van der Waals surface area contributed by atoms with E-state index in [0.29, 0.717) is 6.04 Å². The molecule has 0 aromatic rings. The predicted molar refractivity (Wildman–Crippen MR) is 69.7 cm³/mol. The van der Waals surface area contributed by atoms with Crippen LogP contribution in [0.4, 0.5) is 4.79 Å². The van der Waals surface area contributed by atoms with Crippen molar-refractivity contribution in [3.8, 4) is 0 Å². The summed E-state index contributed by atoms with van der Waals surface area (Å²) in [6, 6.07) is 0.449. The van der Waals surface area contributed by atoms with Crippen LogP contribution in [0.5, 0.6) is 0 Å². The van der Waals surface area contributed by atoms with E-state index in [1.807, 2.05) is 4.90 Å². The predicted octanol–water partition coefficient (Wildman–Crippen LogP) is 3.40. The largest absolute Gasteiger partial charge is 0.338 e. The summed E-state index contributed by atoms with van der Waals surface area (Å²) in [7, 11) is 0. The molecule has 0 radical (unpaired) electrons. The molecular formula is C13H28N2O. The van der Waals surface area contributed by atoms with Crippen LogP contribution in [0, 0.1) is 0 Å². The molecule has 0 fully saturated rings. The van der Waals surface area contributed by atoms with Crippen molar-refractivity contribution in [1.29, 1.82) is 0 Å². The summed E-state index contributed by atoms with van der Waals surface area (Å²) < 4.78 is 0. The smallest absolute Gasteiger partial charge is 0.317 e. The van der Waals surface area contributed by atoms with Gasteiger partial charge in [-0.2, -0.15) is 0 Å². The van der Waals surface area contributed by atoms with E-state index in [1.54, 1.807) is 0 Å². The first kappa shape index (κ1) is 15.3. The zero-order valence-electron chi connectivity index (χ0n) is 11.4. The van der Waals surface area contributed by atoms with Crippen molar-refractivity contribution >= 4 is 6.03 Å². The third-order valence-corrected chi connectivity index (χ3v) is 2.94. The van der Waals surface area contributed by atoms with Gasteiger partial charge in [0, 0.05) is 19.1 Å². The molecule has 0 saturated heterocycles. The average Bonchev–Trinajstić information content (AvgIpc) is 2.29. The van der Waals surface area contributed by atoms with E-state index in [4.69, 9.17) is 0 Å². The van der Waals surface area contributed by atoms with Gasteiger partial charge in [-0.25, -0.2) is 4.79 Å². The maximum atomic E-state index is 11.9. The van der Waals surface area contributed by atoms with Crippen LogP contribution in [0.25, 0.3) is 0 Å². The summed E-state index contributed by atoms with van der Waals surface area (Å²) in [4.78, 5) is 13.9. The van der Waals surface area contributed by atoms with Gasteiger partial charge in [0.25, 0.3) is 0 Å². The first-order valence-electron chi connectivity index (χ1n) is 6.71. The Balaban J connectivity index is 4.09. The number of amides is 2. The van der Waals surface area contributed by atoms with Crippen molar-refractivity contribution in [2.24, 2.45) is 0 Å².